The van der Waals surface area contributed by atoms with Crippen molar-refractivity contribution in [2.45, 2.75) is 64.2 Å². The first kappa shape index (κ1) is 16.5. The van der Waals surface area contributed by atoms with Crippen molar-refractivity contribution in [2.24, 2.45) is 0 Å². The monoisotopic (exact) mass is 284 g/mol. The van der Waals surface area contributed by atoms with Crippen molar-refractivity contribution in [3.8, 4) is 0 Å². The van der Waals surface area contributed by atoms with Gasteiger partial charge in [0.1, 0.15) is 0 Å². The molecule has 0 atom stereocenters. The van der Waals surface area contributed by atoms with E-state index in [4.69, 9.17) is 5.26 Å². The second-order valence-corrected chi connectivity index (χ2v) is 6.43. The van der Waals surface area contributed by atoms with E-state index in [-0.39, 0.29) is 0 Å². The van der Waals surface area contributed by atoms with Gasteiger partial charge in [-0.2, -0.15) is 0 Å². The number of benzene rings is 1. The first-order chi connectivity index (χ1) is 8.88. The van der Waals surface area contributed by atoms with Crippen LogP contribution in [0.25, 0.3) is 0 Å². The fourth-order valence-electron chi connectivity index (χ4n) is 2.04. The Morgan fingerprint density at radius 1 is 0.895 bits per heavy atom. The number of hydrogen-bond acceptors (Lipinski definition) is 4. The van der Waals surface area contributed by atoms with Crippen molar-refractivity contribution in [2.75, 3.05) is 0 Å². The van der Waals surface area contributed by atoms with E-state index in [1.165, 1.54) is 16.7 Å². The Bertz CT molecular complexity index is 385. The number of hydrogen-bond donors (Lipinski definition) is 1. The molecule has 0 fully saturated rings. The lowest BCUT2D eigenvalue weighted by molar-refractivity contribution is -0.432. The third-order valence-corrected chi connectivity index (χ3v) is 3.99. The van der Waals surface area contributed by atoms with Crippen molar-refractivity contribution in [3.05, 3.63) is 28.8 Å². The highest BCUT2D eigenvalue weighted by molar-refractivity contribution is 7.94. The molecule has 1 aromatic carbocycles. The minimum absolute atomic E-state index is 0.390. The Morgan fingerprint density at radius 3 is 1.68 bits per heavy atom. The first-order valence-corrected chi connectivity index (χ1v) is 7.45. The standard InChI is InChI=1S/C15H24O3S/c1-9(2)12-7-13(10(3)4)15(19-18-17-16)14(8-12)11(5)6/h7-11,16H,1-6H3. The summed E-state index contributed by atoms with van der Waals surface area (Å²) in [5, 5.41) is 12.1. The lowest BCUT2D eigenvalue weighted by Crippen LogP contribution is -2.03. The van der Waals surface area contributed by atoms with Crippen LogP contribution in [-0.2, 0) is 9.37 Å². The summed E-state index contributed by atoms with van der Waals surface area (Å²) in [7, 11) is 0. The Labute approximate surface area is 120 Å². The van der Waals surface area contributed by atoms with Crippen LogP contribution < -0.4 is 0 Å². The number of rotatable bonds is 6. The molecule has 19 heavy (non-hydrogen) atoms. The average Bonchev–Trinajstić information content (AvgIpc) is 2.34. The highest BCUT2D eigenvalue weighted by Crippen LogP contribution is 2.38. The highest BCUT2D eigenvalue weighted by Gasteiger charge is 2.18. The molecule has 0 amide bonds. The molecule has 3 nitrogen and oxygen atoms in total. The predicted octanol–water partition coefficient (Wildman–Crippen LogP) is 5.49. The van der Waals surface area contributed by atoms with Crippen LogP contribution in [0.4, 0.5) is 0 Å². The maximum absolute atomic E-state index is 8.39. The van der Waals surface area contributed by atoms with Gasteiger partial charge in [-0.05, 0) is 34.4 Å². The second kappa shape index (κ2) is 7.29. The molecule has 0 aliphatic heterocycles. The van der Waals surface area contributed by atoms with Gasteiger partial charge in [0, 0.05) is 4.90 Å². The molecule has 0 aromatic heterocycles. The highest BCUT2D eigenvalue weighted by atomic mass is 32.2. The van der Waals surface area contributed by atoms with Crippen LogP contribution in [0.1, 0.15) is 76.0 Å². The van der Waals surface area contributed by atoms with E-state index < -0.39 is 0 Å². The molecule has 0 unspecified atom stereocenters. The van der Waals surface area contributed by atoms with Crippen molar-refractivity contribution >= 4 is 12.0 Å². The van der Waals surface area contributed by atoms with Crippen molar-refractivity contribution in [1.82, 2.24) is 0 Å². The molecule has 0 aliphatic rings. The molecule has 0 saturated carbocycles. The van der Waals surface area contributed by atoms with E-state index >= 15 is 0 Å². The molecule has 0 heterocycles. The summed E-state index contributed by atoms with van der Waals surface area (Å²) in [6, 6.07) is 4.45. The van der Waals surface area contributed by atoms with E-state index in [0.717, 1.165) is 16.9 Å². The minimum atomic E-state index is 0.390. The fourth-order valence-corrected chi connectivity index (χ4v) is 2.92. The van der Waals surface area contributed by atoms with E-state index in [2.05, 4.69) is 63.0 Å². The van der Waals surface area contributed by atoms with Gasteiger partial charge < -0.3 is 0 Å². The Morgan fingerprint density at radius 2 is 1.37 bits per heavy atom. The summed E-state index contributed by atoms with van der Waals surface area (Å²) in [6.45, 7) is 13.0. The summed E-state index contributed by atoms with van der Waals surface area (Å²) in [5.41, 5.74) is 3.80. The zero-order valence-electron chi connectivity index (χ0n) is 12.6. The fraction of sp³-hybridized carbons (Fsp3) is 0.600. The molecule has 0 bridgehead atoms. The van der Waals surface area contributed by atoms with Gasteiger partial charge in [-0.1, -0.05) is 58.7 Å². The maximum atomic E-state index is 8.39. The average molecular weight is 284 g/mol. The SMILES string of the molecule is CC(C)c1cc(C(C)C)c(SOOO)c(C(C)C)c1. The van der Waals surface area contributed by atoms with E-state index in [0.29, 0.717) is 17.8 Å². The third-order valence-electron chi connectivity index (χ3n) is 3.23. The smallest absolute Gasteiger partial charge is 0.0720 e. The zero-order valence-corrected chi connectivity index (χ0v) is 13.4. The van der Waals surface area contributed by atoms with Gasteiger partial charge in [-0.3, -0.25) is 0 Å². The van der Waals surface area contributed by atoms with Gasteiger partial charge in [0.25, 0.3) is 0 Å². The van der Waals surface area contributed by atoms with E-state index in [1.807, 2.05) is 0 Å². The van der Waals surface area contributed by atoms with Gasteiger partial charge in [0.15, 0.2) is 0 Å². The minimum Gasteiger partial charge on any atom is -0.220 e. The second-order valence-electron chi connectivity index (χ2n) is 5.72. The zero-order chi connectivity index (χ0) is 14.6. The van der Waals surface area contributed by atoms with E-state index in [9.17, 15) is 0 Å². The lowest BCUT2D eigenvalue weighted by Gasteiger charge is -2.21. The molecular weight excluding hydrogens is 260 g/mol. The molecule has 4 heteroatoms. The molecule has 108 valence electrons. The van der Waals surface area contributed by atoms with Gasteiger partial charge >= 0.3 is 0 Å². The normalized spacial score (nSPS) is 11.9. The van der Waals surface area contributed by atoms with Gasteiger partial charge in [-0.25, -0.2) is 5.26 Å². The van der Waals surface area contributed by atoms with Gasteiger partial charge in [0.2, 0.25) is 0 Å². The van der Waals surface area contributed by atoms with Crippen LogP contribution in [-0.4, -0.2) is 5.26 Å². The van der Waals surface area contributed by atoms with Crippen LogP contribution in [0.5, 0.6) is 0 Å². The van der Waals surface area contributed by atoms with E-state index in [1.54, 1.807) is 0 Å². The molecule has 0 saturated heterocycles. The Hall–Kier alpha value is -0.550. The summed E-state index contributed by atoms with van der Waals surface area (Å²) < 4.78 is 4.67. The molecule has 0 radical (unpaired) electrons. The van der Waals surface area contributed by atoms with Crippen LogP contribution in [0.15, 0.2) is 17.0 Å². The van der Waals surface area contributed by atoms with Crippen molar-refractivity contribution in [3.63, 3.8) is 0 Å². The molecule has 1 rings (SSSR count). The maximum Gasteiger partial charge on any atom is 0.0720 e. The molecule has 1 aromatic rings. The molecule has 1 N–H and O–H groups in total. The Kier molecular flexibility index (Phi) is 6.33. The van der Waals surface area contributed by atoms with Crippen LogP contribution in [0.2, 0.25) is 0 Å². The van der Waals surface area contributed by atoms with Crippen molar-refractivity contribution < 1.29 is 14.6 Å². The van der Waals surface area contributed by atoms with Crippen LogP contribution in [0.3, 0.4) is 0 Å². The summed E-state index contributed by atoms with van der Waals surface area (Å²) in [5.74, 6) is 1.27. The van der Waals surface area contributed by atoms with Gasteiger partial charge in [0.05, 0.1) is 12.0 Å². The topological polar surface area (TPSA) is 38.7 Å². The summed E-state index contributed by atoms with van der Waals surface area (Å²) in [6.07, 6.45) is 0. The van der Waals surface area contributed by atoms with Gasteiger partial charge in [-0.15, -0.1) is 4.33 Å². The first-order valence-electron chi connectivity index (χ1n) is 6.70. The summed E-state index contributed by atoms with van der Waals surface area (Å²) in [4.78, 5) is 1.04. The molecule has 0 aliphatic carbocycles. The van der Waals surface area contributed by atoms with Crippen LogP contribution >= 0.6 is 12.0 Å². The lowest BCUT2D eigenvalue weighted by atomic mass is 9.89. The quantitative estimate of drug-likeness (QED) is 0.426. The van der Waals surface area contributed by atoms with Crippen LogP contribution in [0, 0.1) is 0 Å². The predicted molar refractivity (Wildman–Crippen MR) is 79.4 cm³/mol. The summed E-state index contributed by atoms with van der Waals surface area (Å²) >= 11 is 1.08. The molecular formula is C15H24O3S. The Balaban J connectivity index is 3.37. The largest absolute Gasteiger partial charge is 0.220 e. The van der Waals surface area contributed by atoms with Crippen molar-refractivity contribution in [1.29, 1.82) is 0 Å². The third kappa shape index (κ3) is 4.21. The molecule has 0 spiro atoms.